The van der Waals surface area contributed by atoms with Crippen LogP contribution in [0, 0.1) is 15.3 Å². The van der Waals surface area contributed by atoms with E-state index in [2.05, 4.69) is 0 Å². The Morgan fingerprint density at radius 2 is 1.29 bits per heavy atom. The van der Waals surface area contributed by atoms with Crippen molar-refractivity contribution >= 4 is 0 Å². The van der Waals surface area contributed by atoms with E-state index in [1.807, 2.05) is 0 Å². The van der Waals surface area contributed by atoms with Crippen molar-refractivity contribution in [2.45, 2.75) is 0 Å². The van der Waals surface area contributed by atoms with Crippen LogP contribution in [0.2, 0.25) is 0 Å². The summed E-state index contributed by atoms with van der Waals surface area (Å²) in [5.74, 6) is 0. The van der Waals surface area contributed by atoms with Crippen molar-refractivity contribution in [1.29, 1.82) is 0 Å². The summed E-state index contributed by atoms with van der Waals surface area (Å²) in [6, 6.07) is 0. The molecular weight excluding hydrogens is 177 g/mol. The maximum absolute atomic E-state index is 8.25. The summed E-state index contributed by atoms with van der Waals surface area (Å²) in [7, 11) is 0. The van der Waals surface area contributed by atoms with Gasteiger partial charge in [-0.25, -0.2) is 0 Å². The van der Waals surface area contributed by atoms with Crippen LogP contribution < -0.4 is 12.4 Å². The average molecular weight is 178 g/mol. The van der Waals surface area contributed by atoms with Crippen LogP contribution in [0.4, 0.5) is 0 Å². The molecule has 0 aliphatic heterocycles. The van der Waals surface area contributed by atoms with Gasteiger partial charge in [-0.1, -0.05) is 0 Å². The quantitative estimate of drug-likeness (QED) is 0.219. The van der Waals surface area contributed by atoms with E-state index in [9.17, 15) is 0 Å². The maximum Gasteiger partial charge on any atom is 0.0689 e. The fourth-order valence-electron chi connectivity index (χ4n) is 0. The van der Waals surface area contributed by atoms with Crippen molar-refractivity contribution in [1.82, 2.24) is 0 Å². The fourth-order valence-corrected chi connectivity index (χ4v) is 0. The third-order valence-electron chi connectivity index (χ3n) is 0. The molecule has 0 aromatic carbocycles. The van der Waals surface area contributed by atoms with E-state index in [-0.39, 0.29) is 35.0 Å². The molecular formula is HClCuNO4-3. The van der Waals surface area contributed by atoms with Crippen LogP contribution >= 0.6 is 0 Å². The minimum atomic E-state index is -1.75. The number of nitrogens with zero attached hydrogens (tertiary/aromatic N) is 1. The molecule has 0 aromatic rings. The second-order valence-electron chi connectivity index (χ2n) is 0.224. The summed E-state index contributed by atoms with van der Waals surface area (Å²) in [6.45, 7) is 0. The van der Waals surface area contributed by atoms with Crippen LogP contribution in [0.15, 0.2) is 0 Å². The Morgan fingerprint density at radius 3 is 1.29 bits per heavy atom. The number of rotatable bonds is 0. The van der Waals surface area contributed by atoms with Crippen molar-refractivity contribution in [2.75, 3.05) is 0 Å². The van der Waals surface area contributed by atoms with Gasteiger partial charge < -0.3 is 33.2 Å². The minimum absolute atomic E-state index is 0. The van der Waals surface area contributed by atoms with Crippen LogP contribution in [-0.4, -0.2) is 10.6 Å². The van der Waals surface area contributed by atoms with Crippen LogP contribution in [-0.2, 0) is 17.1 Å². The zero-order valence-electron chi connectivity index (χ0n) is 2.80. The fraction of sp³-hybridized carbons (Fsp3) is 0. The van der Waals surface area contributed by atoms with Gasteiger partial charge in [0.2, 0.25) is 0 Å². The molecule has 7 heavy (non-hydrogen) atoms. The molecule has 0 bridgehead atoms. The summed E-state index contributed by atoms with van der Waals surface area (Å²) < 4.78 is 0. The van der Waals surface area contributed by atoms with Crippen LogP contribution in [0.3, 0.4) is 0 Å². The van der Waals surface area contributed by atoms with Gasteiger partial charge in [0.25, 0.3) is 0 Å². The van der Waals surface area contributed by atoms with Crippen molar-refractivity contribution in [3.63, 3.8) is 0 Å². The molecule has 0 saturated heterocycles. The SMILES string of the molecule is O=[N+]([O-])[O-].[Cl-].[Cu].[OH-]. The predicted molar refractivity (Wildman–Crippen MR) is 12.3 cm³/mol. The molecule has 0 aliphatic rings. The Balaban J connectivity index is -0.0000000150. The van der Waals surface area contributed by atoms with E-state index in [4.69, 9.17) is 15.3 Å². The molecule has 5 nitrogen and oxygen atoms in total. The van der Waals surface area contributed by atoms with E-state index in [0.717, 1.165) is 0 Å². The molecule has 0 amide bonds. The molecule has 51 valence electrons. The second-order valence-corrected chi connectivity index (χ2v) is 0.224. The van der Waals surface area contributed by atoms with Gasteiger partial charge in [0.1, 0.15) is 0 Å². The van der Waals surface area contributed by atoms with Crippen LogP contribution in [0.5, 0.6) is 0 Å². The molecule has 0 atom stereocenters. The monoisotopic (exact) mass is 177 g/mol. The van der Waals surface area contributed by atoms with Gasteiger partial charge in [-0.2, -0.15) is 0 Å². The minimum Gasteiger partial charge on any atom is -1.00 e. The van der Waals surface area contributed by atoms with E-state index in [0.29, 0.717) is 0 Å². The standard InChI is InChI=1S/ClH.Cu.NO3.H2O/c;;2-1(3)4;/h1H;;;1H2/q;;-1;/p-2. The van der Waals surface area contributed by atoms with Gasteiger partial charge in [-0.15, -0.1) is 0 Å². The third-order valence-corrected chi connectivity index (χ3v) is 0. The average Bonchev–Trinajstić information content (AvgIpc) is 0.811. The maximum atomic E-state index is 8.25. The van der Waals surface area contributed by atoms with Gasteiger partial charge in [-0.05, 0) is 0 Å². The topological polar surface area (TPSA) is 96.2 Å². The molecule has 0 unspecified atom stereocenters. The van der Waals surface area contributed by atoms with Crippen molar-refractivity contribution in [2.24, 2.45) is 0 Å². The molecule has 0 aliphatic carbocycles. The smallest absolute Gasteiger partial charge is 0.0689 e. The Morgan fingerprint density at radius 1 is 1.29 bits per heavy atom. The first-order valence-electron chi connectivity index (χ1n) is 0.548. The summed E-state index contributed by atoms with van der Waals surface area (Å²) >= 11 is 0. The summed E-state index contributed by atoms with van der Waals surface area (Å²) in [4.78, 5) is 8.25. The first-order valence-corrected chi connectivity index (χ1v) is 0.548. The molecule has 7 heteroatoms. The second kappa shape index (κ2) is 16.7. The van der Waals surface area contributed by atoms with Gasteiger partial charge >= 0.3 is 0 Å². The van der Waals surface area contributed by atoms with Gasteiger partial charge in [0.05, 0.1) is 5.09 Å². The Kier molecular flexibility index (Phi) is 67.3. The number of hydrogen-bond donors (Lipinski definition) is 0. The van der Waals surface area contributed by atoms with E-state index in [1.165, 1.54) is 0 Å². The molecule has 0 spiro atoms. The Hall–Kier alpha value is -0.0305. The van der Waals surface area contributed by atoms with Gasteiger partial charge in [-0.3, -0.25) is 0 Å². The number of hydrogen-bond acceptors (Lipinski definition) is 4. The summed E-state index contributed by atoms with van der Waals surface area (Å²) in [6.07, 6.45) is 0. The normalized spacial score (nSPS) is 3.43. The van der Waals surface area contributed by atoms with E-state index < -0.39 is 5.09 Å². The molecule has 0 saturated carbocycles. The van der Waals surface area contributed by atoms with E-state index >= 15 is 0 Å². The van der Waals surface area contributed by atoms with Gasteiger partial charge in [0.15, 0.2) is 0 Å². The van der Waals surface area contributed by atoms with Crippen molar-refractivity contribution in [3.8, 4) is 0 Å². The van der Waals surface area contributed by atoms with E-state index in [1.54, 1.807) is 0 Å². The molecule has 0 fully saturated rings. The first kappa shape index (κ1) is 28.2. The molecule has 0 rings (SSSR count). The molecule has 0 aromatic heterocycles. The molecule has 0 heterocycles. The summed E-state index contributed by atoms with van der Waals surface area (Å²) in [5.41, 5.74) is 0. The van der Waals surface area contributed by atoms with Crippen LogP contribution in [0.1, 0.15) is 0 Å². The molecule has 1 N–H and O–H groups in total. The van der Waals surface area contributed by atoms with Crippen LogP contribution in [0.25, 0.3) is 0 Å². The largest absolute Gasteiger partial charge is 1.00 e. The first-order chi connectivity index (χ1) is 1.73. The number of halogens is 1. The van der Waals surface area contributed by atoms with Gasteiger partial charge in [0, 0.05) is 17.1 Å². The third kappa shape index (κ3) is 101000. The summed E-state index contributed by atoms with van der Waals surface area (Å²) in [5, 5.41) is 14.8. The van der Waals surface area contributed by atoms with Crippen molar-refractivity contribution in [3.05, 3.63) is 15.3 Å². The molecule has 1 radical (unpaired) electrons. The predicted octanol–water partition coefficient (Wildman–Crippen LogP) is -3.41. The zero-order chi connectivity index (χ0) is 3.58. The Labute approximate surface area is 56.0 Å². The zero-order valence-corrected chi connectivity index (χ0v) is 4.50. The Bertz CT molecular complexity index is 34.7. The van der Waals surface area contributed by atoms with Crippen molar-refractivity contribution < 1.29 is 40.0 Å².